The first kappa shape index (κ1) is 18.4. The molecule has 28 heavy (non-hydrogen) atoms. The summed E-state index contributed by atoms with van der Waals surface area (Å²) in [5, 5.41) is 9.63. The van der Waals surface area contributed by atoms with Gasteiger partial charge in [0.15, 0.2) is 17.3 Å². The third-order valence-electron chi connectivity index (χ3n) is 5.15. The molecule has 3 aromatic rings. The number of hydrogen-bond acceptors (Lipinski definition) is 6. The molecule has 0 unspecified atom stereocenters. The van der Waals surface area contributed by atoms with Crippen molar-refractivity contribution in [1.82, 2.24) is 30.6 Å². The zero-order valence-corrected chi connectivity index (χ0v) is 16.2. The lowest BCUT2D eigenvalue weighted by Gasteiger charge is -2.22. The van der Waals surface area contributed by atoms with Gasteiger partial charge in [0.25, 0.3) is 5.91 Å². The number of imidazole rings is 1. The van der Waals surface area contributed by atoms with Gasteiger partial charge >= 0.3 is 0 Å². The maximum absolute atomic E-state index is 12.5. The van der Waals surface area contributed by atoms with Crippen LogP contribution in [-0.2, 0) is 0 Å². The number of piperidine rings is 1. The molecule has 1 aromatic carbocycles. The van der Waals surface area contributed by atoms with Gasteiger partial charge in [-0.15, -0.1) is 0 Å². The molecular weight excluding hydrogens is 354 g/mol. The lowest BCUT2D eigenvalue weighted by Crippen LogP contribution is -2.36. The number of aromatic amines is 1. The number of carbonyl (C=O) groups is 1. The monoisotopic (exact) mass is 379 g/mol. The summed E-state index contributed by atoms with van der Waals surface area (Å²) in [6, 6.07) is 6.16. The second-order valence-electron chi connectivity index (χ2n) is 7.35. The molecule has 1 aliphatic rings. The Labute approximate surface area is 163 Å². The molecular formula is C20H25N7O. The van der Waals surface area contributed by atoms with Crippen molar-refractivity contribution < 1.29 is 4.79 Å². The molecule has 8 nitrogen and oxygen atoms in total. The molecule has 1 amide bonds. The van der Waals surface area contributed by atoms with E-state index in [1.807, 2.05) is 19.1 Å². The van der Waals surface area contributed by atoms with Gasteiger partial charge < -0.3 is 20.9 Å². The van der Waals surface area contributed by atoms with Gasteiger partial charge in [-0.2, -0.15) is 0 Å². The second kappa shape index (κ2) is 7.93. The summed E-state index contributed by atoms with van der Waals surface area (Å²) in [6.07, 6.45) is 3.61. The Morgan fingerprint density at radius 2 is 2.04 bits per heavy atom. The Bertz CT molecular complexity index is 991. The van der Waals surface area contributed by atoms with Crippen molar-refractivity contribution in [3.8, 4) is 0 Å². The molecule has 0 aliphatic carbocycles. The van der Waals surface area contributed by atoms with E-state index in [-0.39, 0.29) is 11.7 Å². The van der Waals surface area contributed by atoms with Gasteiger partial charge in [0, 0.05) is 12.2 Å². The molecule has 0 bridgehead atoms. The van der Waals surface area contributed by atoms with Crippen molar-refractivity contribution in [1.29, 1.82) is 0 Å². The number of H-pyrrole nitrogens is 1. The fraction of sp³-hybridized carbons (Fsp3) is 0.400. The number of fused-ring (bicyclic) bond motifs is 1. The van der Waals surface area contributed by atoms with Crippen LogP contribution in [0, 0.1) is 19.8 Å². The minimum atomic E-state index is -0.214. The molecule has 1 aliphatic heterocycles. The van der Waals surface area contributed by atoms with E-state index in [0.717, 1.165) is 37.2 Å². The Kier molecular flexibility index (Phi) is 5.21. The molecule has 146 valence electrons. The SMILES string of the molecule is Cc1ccc(Nc2ncnc3nc(C(=O)NCC4CCNCC4)[nH]c23)c(C)c1. The highest BCUT2D eigenvalue weighted by Crippen LogP contribution is 2.24. The van der Waals surface area contributed by atoms with E-state index >= 15 is 0 Å². The normalized spacial score (nSPS) is 14.9. The number of nitrogens with zero attached hydrogens (tertiary/aromatic N) is 3. The third-order valence-corrected chi connectivity index (χ3v) is 5.15. The standard InChI is InChI=1S/C20H25N7O/c1-12-3-4-15(13(2)9-12)25-17-16-18(24-11-23-17)27-19(26-16)20(28)22-10-14-5-7-21-8-6-14/h3-4,9,11,14,21H,5-8,10H2,1-2H3,(H,22,28)(H2,23,24,25,26,27). The fourth-order valence-electron chi connectivity index (χ4n) is 3.52. The number of aromatic nitrogens is 4. The molecule has 0 saturated carbocycles. The Balaban J connectivity index is 1.52. The van der Waals surface area contributed by atoms with E-state index in [0.29, 0.717) is 29.4 Å². The number of anilines is 2. The van der Waals surface area contributed by atoms with Crippen LogP contribution in [0.4, 0.5) is 11.5 Å². The zero-order chi connectivity index (χ0) is 19.5. The Hall–Kier alpha value is -3.00. The maximum atomic E-state index is 12.5. The number of rotatable bonds is 5. The lowest BCUT2D eigenvalue weighted by atomic mass is 9.98. The molecule has 0 radical (unpaired) electrons. The third kappa shape index (κ3) is 3.96. The predicted molar refractivity (Wildman–Crippen MR) is 109 cm³/mol. The van der Waals surface area contributed by atoms with Gasteiger partial charge in [0.05, 0.1) is 0 Å². The molecule has 4 N–H and O–H groups in total. The van der Waals surface area contributed by atoms with Crippen molar-refractivity contribution in [3.05, 3.63) is 41.5 Å². The summed E-state index contributed by atoms with van der Waals surface area (Å²) in [5.41, 5.74) is 4.36. The number of carbonyl (C=O) groups excluding carboxylic acids is 1. The van der Waals surface area contributed by atoms with Crippen molar-refractivity contribution in [2.45, 2.75) is 26.7 Å². The maximum Gasteiger partial charge on any atom is 0.287 e. The molecule has 1 saturated heterocycles. The predicted octanol–water partition coefficient (Wildman–Crippen LogP) is 2.44. The number of aryl methyl sites for hydroxylation is 2. The van der Waals surface area contributed by atoms with Crippen LogP contribution in [-0.4, -0.2) is 45.5 Å². The molecule has 3 heterocycles. The molecule has 0 spiro atoms. The molecule has 2 aromatic heterocycles. The summed E-state index contributed by atoms with van der Waals surface area (Å²) in [7, 11) is 0. The second-order valence-corrected chi connectivity index (χ2v) is 7.35. The van der Waals surface area contributed by atoms with E-state index in [2.05, 4.69) is 48.9 Å². The molecule has 8 heteroatoms. The Morgan fingerprint density at radius 1 is 1.21 bits per heavy atom. The first-order valence-corrected chi connectivity index (χ1v) is 9.64. The first-order chi connectivity index (χ1) is 13.6. The van der Waals surface area contributed by atoms with Crippen LogP contribution in [0.5, 0.6) is 0 Å². The quantitative estimate of drug-likeness (QED) is 0.542. The van der Waals surface area contributed by atoms with E-state index in [9.17, 15) is 4.79 Å². The molecule has 0 atom stereocenters. The number of nitrogens with one attached hydrogen (secondary N) is 4. The molecule has 1 fully saturated rings. The van der Waals surface area contributed by atoms with Crippen LogP contribution in [0.3, 0.4) is 0 Å². The van der Waals surface area contributed by atoms with Gasteiger partial charge in [0.1, 0.15) is 11.8 Å². The average Bonchev–Trinajstić information content (AvgIpc) is 3.14. The number of amides is 1. The first-order valence-electron chi connectivity index (χ1n) is 9.64. The van der Waals surface area contributed by atoms with Gasteiger partial charge in [-0.3, -0.25) is 4.79 Å². The van der Waals surface area contributed by atoms with Gasteiger partial charge in [0.2, 0.25) is 0 Å². The minimum Gasteiger partial charge on any atom is -0.349 e. The van der Waals surface area contributed by atoms with Crippen LogP contribution in [0.1, 0.15) is 34.6 Å². The van der Waals surface area contributed by atoms with Gasteiger partial charge in [-0.1, -0.05) is 17.7 Å². The van der Waals surface area contributed by atoms with Crippen molar-refractivity contribution >= 4 is 28.6 Å². The number of benzene rings is 1. The highest BCUT2D eigenvalue weighted by molar-refractivity contribution is 5.95. The number of hydrogen-bond donors (Lipinski definition) is 4. The summed E-state index contributed by atoms with van der Waals surface area (Å²) in [5.74, 6) is 1.15. The smallest absolute Gasteiger partial charge is 0.287 e. The fourth-order valence-corrected chi connectivity index (χ4v) is 3.52. The summed E-state index contributed by atoms with van der Waals surface area (Å²) < 4.78 is 0. The van der Waals surface area contributed by atoms with Crippen molar-refractivity contribution in [3.63, 3.8) is 0 Å². The lowest BCUT2D eigenvalue weighted by molar-refractivity contribution is 0.0935. The van der Waals surface area contributed by atoms with Crippen LogP contribution < -0.4 is 16.0 Å². The molecule has 4 rings (SSSR count). The van der Waals surface area contributed by atoms with Gasteiger partial charge in [-0.05, 0) is 57.3 Å². The van der Waals surface area contributed by atoms with E-state index in [1.165, 1.54) is 11.9 Å². The van der Waals surface area contributed by atoms with Crippen LogP contribution in [0.15, 0.2) is 24.5 Å². The highest BCUT2D eigenvalue weighted by atomic mass is 16.2. The zero-order valence-electron chi connectivity index (χ0n) is 16.2. The van der Waals surface area contributed by atoms with Crippen LogP contribution in [0.2, 0.25) is 0 Å². The van der Waals surface area contributed by atoms with Crippen molar-refractivity contribution in [2.24, 2.45) is 5.92 Å². The Morgan fingerprint density at radius 3 is 2.82 bits per heavy atom. The van der Waals surface area contributed by atoms with E-state index in [1.54, 1.807) is 0 Å². The summed E-state index contributed by atoms with van der Waals surface area (Å²) in [4.78, 5) is 28.5. The van der Waals surface area contributed by atoms with Crippen LogP contribution in [0.25, 0.3) is 11.2 Å². The summed E-state index contributed by atoms with van der Waals surface area (Å²) >= 11 is 0. The summed E-state index contributed by atoms with van der Waals surface area (Å²) in [6.45, 7) is 6.78. The minimum absolute atomic E-state index is 0.214. The topological polar surface area (TPSA) is 108 Å². The van der Waals surface area contributed by atoms with Crippen molar-refractivity contribution in [2.75, 3.05) is 25.0 Å². The van der Waals surface area contributed by atoms with Crippen LogP contribution >= 0.6 is 0 Å². The largest absolute Gasteiger partial charge is 0.349 e. The highest BCUT2D eigenvalue weighted by Gasteiger charge is 2.18. The van der Waals surface area contributed by atoms with E-state index < -0.39 is 0 Å². The average molecular weight is 379 g/mol. The van der Waals surface area contributed by atoms with E-state index in [4.69, 9.17) is 0 Å². The van der Waals surface area contributed by atoms with Gasteiger partial charge in [-0.25, -0.2) is 15.0 Å².